The summed E-state index contributed by atoms with van der Waals surface area (Å²) in [5.41, 5.74) is 0. The van der Waals surface area contributed by atoms with E-state index in [1.54, 1.807) is 11.3 Å². The zero-order valence-corrected chi connectivity index (χ0v) is 13.8. The minimum Gasteiger partial charge on any atom is -0.353 e. The van der Waals surface area contributed by atoms with E-state index in [0.29, 0.717) is 18.5 Å². The molecule has 1 aliphatic heterocycles. The lowest BCUT2D eigenvalue weighted by Crippen LogP contribution is -2.46. The average Bonchev–Trinajstić information content (AvgIpc) is 2.83. The Hall–Kier alpha value is -0.580. The second kappa shape index (κ2) is 7.43. The molecule has 0 atom stereocenters. The van der Waals surface area contributed by atoms with Crippen LogP contribution in [0.25, 0.3) is 0 Å². The number of carbonyl (C=O) groups is 1. The summed E-state index contributed by atoms with van der Waals surface area (Å²) in [7, 11) is 0. The molecule has 0 spiro atoms. The topological polar surface area (TPSA) is 32.3 Å². The molecule has 0 radical (unpaired) electrons. The van der Waals surface area contributed by atoms with Crippen LogP contribution in [0.3, 0.4) is 0 Å². The van der Waals surface area contributed by atoms with Crippen LogP contribution < -0.4 is 5.32 Å². The van der Waals surface area contributed by atoms with E-state index in [1.165, 1.54) is 4.88 Å². The van der Waals surface area contributed by atoms with Gasteiger partial charge < -0.3 is 10.2 Å². The van der Waals surface area contributed by atoms with Gasteiger partial charge in [0.25, 0.3) is 0 Å². The lowest BCUT2D eigenvalue weighted by Gasteiger charge is -2.34. The van der Waals surface area contributed by atoms with E-state index in [9.17, 15) is 4.79 Å². The molecule has 1 fully saturated rings. The molecule has 2 rings (SSSR count). The van der Waals surface area contributed by atoms with Crippen molar-refractivity contribution in [3.63, 3.8) is 0 Å². The maximum Gasteiger partial charge on any atom is 0.220 e. The molecule has 0 aliphatic carbocycles. The Morgan fingerprint density at radius 3 is 2.70 bits per heavy atom. The molecule has 20 heavy (non-hydrogen) atoms. The number of carbonyl (C=O) groups excluding carboxylic acids is 1. The monoisotopic (exact) mass is 314 g/mol. The normalized spacial score (nSPS) is 17.6. The van der Waals surface area contributed by atoms with Gasteiger partial charge in [0.2, 0.25) is 5.91 Å². The number of nitrogens with one attached hydrogen (secondary N) is 1. The fourth-order valence-corrected chi connectivity index (χ4v) is 3.67. The summed E-state index contributed by atoms with van der Waals surface area (Å²) >= 11 is 7.44. The highest BCUT2D eigenvalue weighted by Gasteiger charge is 2.21. The van der Waals surface area contributed by atoms with Gasteiger partial charge >= 0.3 is 0 Å². The quantitative estimate of drug-likeness (QED) is 0.904. The summed E-state index contributed by atoms with van der Waals surface area (Å²) in [4.78, 5) is 15.6. The van der Waals surface area contributed by atoms with Crippen LogP contribution in [0.1, 0.15) is 38.0 Å². The number of rotatable bonds is 5. The van der Waals surface area contributed by atoms with Gasteiger partial charge in [0.1, 0.15) is 0 Å². The van der Waals surface area contributed by atoms with Crippen LogP contribution in [0, 0.1) is 0 Å². The van der Waals surface area contributed by atoms with Crippen molar-refractivity contribution >= 4 is 28.8 Å². The first-order valence-corrected chi connectivity index (χ1v) is 8.51. The Balaban J connectivity index is 1.67. The molecule has 1 aromatic heterocycles. The standard InChI is InChI=1S/C15H23ClN2OS/c1-11(2)18-9-7-12(8-10-18)17-15(19)6-4-13-3-5-14(16)20-13/h3,5,11-12H,4,6-10H2,1-2H3,(H,17,19). The number of amides is 1. The molecular formula is C15H23ClN2OS. The summed E-state index contributed by atoms with van der Waals surface area (Å²) in [5.74, 6) is 0.164. The van der Waals surface area contributed by atoms with E-state index in [1.807, 2.05) is 12.1 Å². The Bertz CT molecular complexity index is 439. The third-order valence-electron chi connectivity index (χ3n) is 3.85. The molecule has 112 valence electrons. The lowest BCUT2D eigenvalue weighted by molar-refractivity contribution is -0.122. The van der Waals surface area contributed by atoms with E-state index >= 15 is 0 Å². The van der Waals surface area contributed by atoms with Crippen LogP contribution in [0.2, 0.25) is 4.34 Å². The molecule has 0 bridgehead atoms. The first-order chi connectivity index (χ1) is 9.54. The van der Waals surface area contributed by atoms with Crippen molar-refractivity contribution in [3.8, 4) is 0 Å². The maximum absolute atomic E-state index is 12.0. The van der Waals surface area contributed by atoms with E-state index in [-0.39, 0.29) is 5.91 Å². The fraction of sp³-hybridized carbons (Fsp3) is 0.667. The van der Waals surface area contributed by atoms with Crippen molar-refractivity contribution in [1.29, 1.82) is 0 Å². The number of likely N-dealkylation sites (tertiary alicyclic amines) is 1. The minimum absolute atomic E-state index is 0.164. The van der Waals surface area contributed by atoms with Gasteiger partial charge in [0.15, 0.2) is 0 Å². The van der Waals surface area contributed by atoms with Crippen molar-refractivity contribution in [2.24, 2.45) is 0 Å². The Labute approximate surface area is 130 Å². The van der Waals surface area contributed by atoms with Crippen molar-refractivity contribution < 1.29 is 4.79 Å². The van der Waals surface area contributed by atoms with Gasteiger partial charge in [-0.1, -0.05) is 11.6 Å². The van der Waals surface area contributed by atoms with E-state index in [0.717, 1.165) is 36.7 Å². The highest BCUT2D eigenvalue weighted by atomic mass is 35.5. The van der Waals surface area contributed by atoms with Gasteiger partial charge in [0, 0.05) is 36.5 Å². The number of aryl methyl sites for hydroxylation is 1. The third kappa shape index (κ3) is 4.76. The van der Waals surface area contributed by atoms with Crippen molar-refractivity contribution in [3.05, 3.63) is 21.3 Å². The molecule has 1 saturated heterocycles. The highest BCUT2D eigenvalue weighted by molar-refractivity contribution is 7.16. The largest absolute Gasteiger partial charge is 0.353 e. The lowest BCUT2D eigenvalue weighted by atomic mass is 10.0. The van der Waals surface area contributed by atoms with Crippen molar-refractivity contribution in [1.82, 2.24) is 10.2 Å². The minimum atomic E-state index is 0.164. The van der Waals surface area contributed by atoms with E-state index in [4.69, 9.17) is 11.6 Å². The van der Waals surface area contributed by atoms with Crippen LogP contribution in [-0.4, -0.2) is 36.0 Å². The molecule has 3 nitrogen and oxygen atoms in total. The number of hydrogen-bond acceptors (Lipinski definition) is 3. The van der Waals surface area contributed by atoms with Crippen molar-refractivity contribution in [2.75, 3.05) is 13.1 Å². The predicted octanol–water partition coefficient (Wildman–Crippen LogP) is 3.32. The summed E-state index contributed by atoms with van der Waals surface area (Å²) in [6.07, 6.45) is 3.47. The number of thiophene rings is 1. The first-order valence-electron chi connectivity index (χ1n) is 7.32. The molecule has 0 saturated carbocycles. The van der Waals surface area contributed by atoms with Gasteiger partial charge in [-0.25, -0.2) is 0 Å². The van der Waals surface area contributed by atoms with Crippen molar-refractivity contribution in [2.45, 2.75) is 51.6 Å². The van der Waals surface area contributed by atoms with Gasteiger partial charge in [-0.05, 0) is 45.2 Å². The number of piperidine rings is 1. The molecule has 1 amide bonds. The maximum atomic E-state index is 12.0. The smallest absolute Gasteiger partial charge is 0.220 e. The SMILES string of the molecule is CC(C)N1CCC(NC(=O)CCc2ccc(Cl)s2)CC1. The summed E-state index contributed by atoms with van der Waals surface area (Å²) in [6.45, 7) is 6.63. The zero-order chi connectivity index (χ0) is 14.5. The summed E-state index contributed by atoms with van der Waals surface area (Å²) < 4.78 is 0.793. The Kier molecular flexibility index (Phi) is 5.87. The second-order valence-corrected chi connectivity index (χ2v) is 7.48. The predicted molar refractivity (Wildman–Crippen MR) is 85.5 cm³/mol. The first kappa shape index (κ1) is 15.8. The molecule has 1 aromatic rings. The van der Waals surface area contributed by atoms with Crippen LogP contribution in [0.5, 0.6) is 0 Å². The molecule has 0 unspecified atom stereocenters. The van der Waals surface area contributed by atoms with Gasteiger partial charge in [-0.2, -0.15) is 0 Å². The zero-order valence-electron chi connectivity index (χ0n) is 12.2. The van der Waals surface area contributed by atoms with Crippen LogP contribution in [0.15, 0.2) is 12.1 Å². The van der Waals surface area contributed by atoms with Crippen LogP contribution in [-0.2, 0) is 11.2 Å². The highest BCUT2D eigenvalue weighted by Crippen LogP contribution is 2.22. The molecule has 5 heteroatoms. The Morgan fingerprint density at radius 1 is 1.45 bits per heavy atom. The van der Waals surface area contributed by atoms with Gasteiger partial charge in [0.05, 0.1) is 4.34 Å². The van der Waals surface area contributed by atoms with Crippen LogP contribution in [0.4, 0.5) is 0 Å². The molecule has 1 N–H and O–H groups in total. The van der Waals surface area contributed by atoms with E-state index < -0.39 is 0 Å². The summed E-state index contributed by atoms with van der Waals surface area (Å²) in [5, 5.41) is 3.16. The van der Waals surface area contributed by atoms with Gasteiger partial charge in [-0.15, -0.1) is 11.3 Å². The number of halogens is 1. The molecule has 2 heterocycles. The average molecular weight is 315 g/mol. The second-order valence-electron chi connectivity index (χ2n) is 5.68. The molecule has 0 aromatic carbocycles. The third-order valence-corrected chi connectivity index (χ3v) is 5.14. The van der Waals surface area contributed by atoms with Crippen LogP contribution >= 0.6 is 22.9 Å². The summed E-state index contributed by atoms with van der Waals surface area (Å²) in [6, 6.07) is 4.85. The number of nitrogens with zero attached hydrogens (tertiary/aromatic N) is 1. The number of hydrogen-bond donors (Lipinski definition) is 1. The van der Waals surface area contributed by atoms with E-state index in [2.05, 4.69) is 24.1 Å². The van der Waals surface area contributed by atoms with Gasteiger partial charge in [-0.3, -0.25) is 4.79 Å². The fourth-order valence-electron chi connectivity index (χ4n) is 2.58. The molecular weight excluding hydrogens is 292 g/mol. The Morgan fingerprint density at radius 2 is 2.15 bits per heavy atom. The molecule has 1 aliphatic rings.